The third kappa shape index (κ3) is 2.45. The van der Waals surface area contributed by atoms with Crippen LogP contribution in [-0.2, 0) is 0 Å². The Morgan fingerprint density at radius 3 is 2.71 bits per heavy atom. The topological polar surface area (TPSA) is 50.2 Å². The van der Waals surface area contributed by atoms with Crippen LogP contribution in [0.5, 0.6) is 0 Å². The van der Waals surface area contributed by atoms with Gasteiger partial charge in [-0.25, -0.2) is 9.78 Å². The largest absolute Gasteiger partial charge is 0.478 e. The lowest BCUT2D eigenvalue weighted by Crippen LogP contribution is -1.96. The van der Waals surface area contributed by atoms with E-state index in [1.807, 2.05) is 6.07 Å². The molecule has 0 aliphatic heterocycles. The lowest BCUT2D eigenvalue weighted by Gasteiger charge is -2.08. The van der Waals surface area contributed by atoms with Crippen molar-refractivity contribution in [3.63, 3.8) is 0 Å². The van der Waals surface area contributed by atoms with Gasteiger partial charge in [0.2, 0.25) is 5.95 Å². The predicted molar refractivity (Wildman–Crippen MR) is 79.1 cm³/mol. The zero-order chi connectivity index (χ0) is 15.0. The van der Waals surface area contributed by atoms with Gasteiger partial charge in [-0.1, -0.05) is 35.9 Å². The molecule has 3 rings (SSSR count). The normalized spacial score (nSPS) is 10.8. The summed E-state index contributed by atoms with van der Waals surface area (Å²) in [6.07, 6.45) is 1.23. The van der Waals surface area contributed by atoms with Crippen molar-refractivity contribution in [2.75, 3.05) is 0 Å². The van der Waals surface area contributed by atoms with Gasteiger partial charge in [-0.2, -0.15) is 4.39 Å². The number of pyridine rings is 1. The Morgan fingerprint density at radius 1 is 1.14 bits per heavy atom. The number of carboxylic acid groups (broad SMARTS) is 1. The van der Waals surface area contributed by atoms with Gasteiger partial charge >= 0.3 is 5.97 Å². The molecule has 3 aromatic rings. The van der Waals surface area contributed by atoms with Crippen molar-refractivity contribution in [3.8, 4) is 11.1 Å². The number of benzene rings is 2. The molecule has 0 radical (unpaired) electrons. The third-order valence-corrected chi connectivity index (χ3v) is 3.43. The Labute approximate surface area is 124 Å². The summed E-state index contributed by atoms with van der Waals surface area (Å²) in [5.41, 5.74) is 0.948. The second kappa shape index (κ2) is 5.14. The van der Waals surface area contributed by atoms with Gasteiger partial charge in [0.25, 0.3) is 0 Å². The predicted octanol–water partition coefficient (Wildman–Crippen LogP) is 4.39. The van der Waals surface area contributed by atoms with Crippen LogP contribution in [0.2, 0.25) is 5.02 Å². The quantitative estimate of drug-likeness (QED) is 0.714. The molecule has 0 amide bonds. The number of hydrogen-bond donors (Lipinski definition) is 1. The molecule has 0 aliphatic carbocycles. The van der Waals surface area contributed by atoms with Crippen LogP contribution in [0.1, 0.15) is 10.4 Å². The van der Waals surface area contributed by atoms with Crippen molar-refractivity contribution in [2.24, 2.45) is 0 Å². The van der Waals surface area contributed by atoms with Gasteiger partial charge in [-0.3, -0.25) is 0 Å². The highest BCUT2D eigenvalue weighted by Gasteiger charge is 2.12. The molecule has 0 atom stereocenters. The molecule has 21 heavy (non-hydrogen) atoms. The highest BCUT2D eigenvalue weighted by molar-refractivity contribution is 6.30. The SMILES string of the molecule is O=C(O)c1ccc2cccc(-c3cc(Cl)cnc3F)c2c1. The number of hydrogen-bond acceptors (Lipinski definition) is 2. The Kier molecular flexibility index (Phi) is 3.31. The number of fused-ring (bicyclic) bond motifs is 1. The minimum atomic E-state index is -1.03. The molecular formula is C16H9ClFNO2. The number of nitrogens with zero attached hydrogens (tertiary/aromatic N) is 1. The first-order valence-electron chi connectivity index (χ1n) is 6.14. The van der Waals surface area contributed by atoms with Crippen LogP contribution in [0.3, 0.4) is 0 Å². The van der Waals surface area contributed by atoms with Crippen LogP contribution in [0, 0.1) is 5.95 Å². The number of aromatic carboxylic acids is 1. The lowest BCUT2D eigenvalue weighted by molar-refractivity contribution is 0.0697. The summed E-state index contributed by atoms with van der Waals surface area (Å²) >= 11 is 5.88. The number of carboxylic acids is 1. The summed E-state index contributed by atoms with van der Waals surface area (Å²) in [7, 11) is 0. The second-order valence-corrected chi connectivity index (χ2v) is 4.97. The van der Waals surface area contributed by atoms with Crippen LogP contribution >= 0.6 is 11.6 Å². The van der Waals surface area contributed by atoms with Crippen LogP contribution in [-0.4, -0.2) is 16.1 Å². The molecule has 0 spiro atoms. The maximum Gasteiger partial charge on any atom is 0.335 e. The minimum absolute atomic E-state index is 0.144. The minimum Gasteiger partial charge on any atom is -0.478 e. The van der Waals surface area contributed by atoms with Crippen molar-refractivity contribution in [1.82, 2.24) is 4.98 Å². The molecule has 2 aromatic carbocycles. The highest BCUT2D eigenvalue weighted by atomic mass is 35.5. The van der Waals surface area contributed by atoms with Crippen molar-refractivity contribution in [3.05, 3.63) is 65.2 Å². The third-order valence-electron chi connectivity index (χ3n) is 3.22. The Bertz CT molecular complexity index is 864. The molecule has 0 unspecified atom stereocenters. The molecule has 1 aromatic heterocycles. The van der Waals surface area contributed by atoms with E-state index in [1.54, 1.807) is 18.2 Å². The van der Waals surface area contributed by atoms with Crippen molar-refractivity contribution < 1.29 is 14.3 Å². The highest BCUT2D eigenvalue weighted by Crippen LogP contribution is 2.31. The van der Waals surface area contributed by atoms with Crippen molar-refractivity contribution in [1.29, 1.82) is 0 Å². The average Bonchev–Trinajstić information content (AvgIpc) is 2.48. The monoisotopic (exact) mass is 301 g/mol. The van der Waals surface area contributed by atoms with Gasteiger partial charge in [0.15, 0.2) is 0 Å². The first kappa shape index (κ1) is 13.5. The van der Waals surface area contributed by atoms with E-state index in [1.165, 1.54) is 24.4 Å². The van der Waals surface area contributed by atoms with E-state index in [2.05, 4.69) is 4.98 Å². The maximum absolute atomic E-state index is 14.0. The molecule has 1 heterocycles. The summed E-state index contributed by atoms with van der Waals surface area (Å²) in [4.78, 5) is 14.7. The Hall–Kier alpha value is -2.46. The molecule has 3 nitrogen and oxygen atoms in total. The van der Waals surface area contributed by atoms with E-state index in [9.17, 15) is 9.18 Å². The summed E-state index contributed by atoms with van der Waals surface area (Å²) < 4.78 is 14.0. The molecule has 0 saturated carbocycles. The van der Waals surface area contributed by atoms with Crippen LogP contribution in [0.4, 0.5) is 4.39 Å². The first-order valence-corrected chi connectivity index (χ1v) is 6.51. The number of carbonyl (C=O) groups is 1. The van der Waals surface area contributed by atoms with Gasteiger partial charge in [-0.15, -0.1) is 0 Å². The molecule has 0 fully saturated rings. The van der Waals surface area contributed by atoms with Crippen molar-refractivity contribution in [2.45, 2.75) is 0 Å². The zero-order valence-electron chi connectivity index (χ0n) is 10.7. The fraction of sp³-hybridized carbons (Fsp3) is 0. The first-order chi connectivity index (χ1) is 10.1. The molecular weight excluding hydrogens is 293 g/mol. The summed E-state index contributed by atoms with van der Waals surface area (Å²) in [6, 6.07) is 11.5. The Morgan fingerprint density at radius 2 is 1.95 bits per heavy atom. The van der Waals surface area contributed by atoms with E-state index >= 15 is 0 Å². The zero-order valence-corrected chi connectivity index (χ0v) is 11.4. The maximum atomic E-state index is 14.0. The summed E-state index contributed by atoms with van der Waals surface area (Å²) in [6.45, 7) is 0. The van der Waals surface area contributed by atoms with Gasteiger partial charge in [0.05, 0.1) is 10.6 Å². The van der Waals surface area contributed by atoms with Crippen LogP contribution in [0.25, 0.3) is 21.9 Å². The van der Waals surface area contributed by atoms with Crippen LogP contribution < -0.4 is 0 Å². The van der Waals surface area contributed by atoms with E-state index in [-0.39, 0.29) is 11.1 Å². The van der Waals surface area contributed by atoms with E-state index in [0.29, 0.717) is 16.0 Å². The molecule has 0 aliphatic rings. The molecule has 104 valence electrons. The number of halogens is 2. The van der Waals surface area contributed by atoms with Gasteiger partial charge < -0.3 is 5.11 Å². The van der Waals surface area contributed by atoms with Gasteiger partial charge in [0.1, 0.15) is 0 Å². The van der Waals surface area contributed by atoms with E-state index in [4.69, 9.17) is 16.7 Å². The smallest absolute Gasteiger partial charge is 0.335 e. The Balaban J connectivity index is 2.34. The van der Waals surface area contributed by atoms with E-state index < -0.39 is 11.9 Å². The molecule has 5 heteroatoms. The molecule has 0 bridgehead atoms. The van der Waals surface area contributed by atoms with Gasteiger partial charge in [0, 0.05) is 11.8 Å². The average molecular weight is 302 g/mol. The lowest BCUT2D eigenvalue weighted by atomic mass is 9.97. The van der Waals surface area contributed by atoms with Gasteiger partial charge in [-0.05, 0) is 34.5 Å². The summed E-state index contributed by atoms with van der Waals surface area (Å²) in [5.74, 6) is -1.68. The summed E-state index contributed by atoms with van der Waals surface area (Å²) in [5, 5.41) is 10.9. The number of rotatable bonds is 2. The standard InChI is InChI=1S/C16H9ClFNO2/c17-11-7-14(15(18)19-8-11)12-3-1-2-9-4-5-10(16(20)21)6-13(9)12/h1-8H,(H,20,21). The van der Waals surface area contributed by atoms with Crippen LogP contribution in [0.15, 0.2) is 48.7 Å². The van der Waals surface area contributed by atoms with Crippen molar-refractivity contribution >= 4 is 28.3 Å². The van der Waals surface area contributed by atoms with E-state index in [0.717, 1.165) is 5.39 Å². The fourth-order valence-electron chi connectivity index (χ4n) is 2.25. The second-order valence-electron chi connectivity index (χ2n) is 4.54. The fourth-order valence-corrected chi connectivity index (χ4v) is 2.41. The molecule has 0 saturated heterocycles. The molecule has 1 N–H and O–H groups in total. The number of aromatic nitrogens is 1.